The van der Waals surface area contributed by atoms with E-state index in [1.807, 2.05) is 6.07 Å². The van der Waals surface area contributed by atoms with Crippen molar-refractivity contribution in [1.82, 2.24) is 0 Å². The summed E-state index contributed by atoms with van der Waals surface area (Å²) < 4.78 is 0. The third-order valence-corrected chi connectivity index (χ3v) is 3.97. The summed E-state index contributed by atoms with van der Waals surface area (Å²) in [5, 5.41) is 2.90. The van der Waals surface area contributed by atoms with Gasteiger partial charge in [0, 0.05) is 12.1 Å². The van der Waals surface area contributed by atoms with Gasteiger partial charge in [-0.05, 0) is 34.8 Å². The molecule has 0 spiro atoms. The number of carbonyl (C=O) groups is 1. The molecule has 1 aliphatic rings. The van der Waals surface area contributed by atoms with E-state index in [4.69, 9.17) is 0 Å². The number of fused-ring (bicyclic) bond motifs is 1. The van der Waals surface area contributed by atoms with Crippen molar-refractivity contribution >= 4 is 24.2 Å². The topological polar surface area (TPSA) is 29.1 Å². The van der Waals surface area contributed by atoms with Gasteiger partial charge in [-0.2, -0.15) is 12.6 Å². The minimum Gasteiger partial charge on any atom is -0.326 e. The van der Waals surface area contributed by atoms with Crippen molar-refractivity contribution in [3.8, 4) is 0 Å². The first-order chi connectivity index (χ1) is 7.53. The standard InChI is InChI=1S/C13H17NOS/c1-13(2,8-16)10-4-5-11-9(7-10)3-6-12(15)14-11/h4-5,7,16H,3,6,8H2,1-2H3,(H,14,15). The van der Waals surface area contributed by atoms with Gasteiger partial charge in [-0.15, -0.1) is 0 Å². The average molecular weight is 235 g/mol. The Bertz CT molecular complexity index is 426. The van der Waals surface area contributed by atoms with E-state index in [-0.39, 0.29) is 11.3 Å². The smallest absolute Gasteiger partial charge is 0.224 e. The van der Waals surface area contributed by atoms with Crippen LogP contribution >= 0.6 is 12.6 Å². The second-order valence-electron chi connectivity index (χ2n) is 4.96. The van der Waals surface area contributed by atoms with Gasteiger partial charge in [0.05, 0.1) is 0 Å². The maximum absolute atomic E-state index is 11.2. The first-order valence-electron chi connectivity index (χ1n) is 5.57. The predicted molar refractivity (Wildman–Crippen MR) is 70.3 cm³/mol. The summed E-state index contributed by atoms with van der Waals surface area (Å²) in [4.78, 5) is 11.2. The summed E-state index contributed by atoms with van der Waals surface area (Å²) in [7, 11) is 0. The number of aryl methyl sites for hydroxylation is 1. The number of amides is 1. The lowest BCUT2D eigenvalue weighted by atomic mass is 9.84. The van der Waals surface area contributed by atoms with E-state index in [2.05, 4.69) is 43.9 Å². The Morgan fingerprint density at radius 1 is 1.38 bits per heavy atom. The Morgan fingerprint density at radius 3 is 2.81 bits per heavy atom. The number of rotatable bonds is 2. The molecule has 0 aliphatic carbocycles. The van der Waals surface area contributed by atoms with Crippen molar-refractivity contribution in [2.45, 2.75) is 32.1 Å². The molecule has 1 aromatic carbocycles. The average Bonchev–Trinajstić information content (AvgIpc) is 2.28. The van der Waals surface area contributed by atoms with Crippen LogP contribution in [-0.4, -0.2) is 11.7 Å². The van der Waals surface area contributed by atoms with Crippen molar-refractivity contribution in [3.63, 3.8) is 0 Å². The van der Waals surface area contributed by atoms with Gasteiger partial charge in [0.2, 0.25) is 5.91 Å². The van der Waals surface area contributed by atoms with Gasteiger partial charge in [-0.3, -0.25) is 4.79 Å². The highest BCUT2D eigenvalue weighted by molar-refractivity contribution is 7.80. The molecule has 1 heterocycles. The third-order valence-electron chi connectivity index (χ3n) is 3.18. The Morgan fingerprint density at radius 2 is 2.12 bits per heavy atom. The lowest BCUT2D eigenvalue weighted by molar-refractivity contribution is -0.116. The molecular weight excluding hydrogens is 218 g/mol. The van der Waals surface area contributed by atoms with Crippen LogP contribution < -0.4 is 5.32 Å². The molecule has 0 atom stereocenters. The number of nitrogens with one attached hydrogen (secondary N) is 1. The largest absolute Gasteiger partial charge is 0.326 e. The van der Waals surface area contributed by atoms with Gasteiger partial charge >= 0.3 is 0 Å². The van der Waals surface area contributed by atoms with Gasteiger partial charge < -0.3 is 5.32 Å². The minimum absolute atomic E-state index is 0.0829. The quantitative estimate of drug-likeness (QED) is 0.758. The Labute approximate surface area is 102 Å². The van der Waals surface area contributed by atoms with Gasteiger partial charge in [-0.25, -0.2) is 0 Å². The molecule has 0 aromatic heterocycles. The summed E-state index contributed by atoms with van der Waals surface area (Å²) in [6.45, 7) is 4.37. The number of thiol groups is 1. The SMILES string of the molecule is CC(C)(CS)c1ccc2c(c1)CCC(=O)N2. The number of anilines is 1. The van der Waals surface area contributed by atoms with Crippen molar-refractivity contribution in [2.24, 2.45) is 0 Å². The molecule has 1 aromatic rings. The maximum Gasteiger partial charge on any atom is 0.224 e. The van der Waals surface area contributed by atoms with E-state index in [0.29, 0.717) is 6.42 Å². The van der Waals surface area contributed by atoms with Crippen molar-refractivity contribution in [1.29, 1.82) is 0 Å². The van der Waals surface area contributed by atoms with E-state index < -0.39 is 0 Å². The first-order valence-corrected chi connectivity index (χ1v) is 6.20. The van der Waals surface area contributed by atoms with Gasteiger partial charge in [-0.1, -0.05) is 26.0 Å². The molecule has 0 fully saturated rings. The monoisotopic (exact) mass is 235 g/mol. The number of carbonyl (C=O) groups excluding carboxylic acids is 1. The molecule has 2 rings (SSSR count). The highest BCUT2D eigenvalue weighted by Crippen LogP contribution is 2.30. The second kappa shape index (κ2) is 4.13. The molecule has 16 heavy (non-hydrogen) atoms. The summed E-state index contributed by atoms with van der Waals surface area (Å²) in [5.74, 6) is 0.937. The van der Waals surface area contributed by atoms with Crippen LogP contribution in [0.15, 0.2) is 18.2 Å². The van der Waals surface area contributed by atoms with Crippen molar-refractivity contribution < 1.29 is 4.79 Å². The predicted octanol–water partition coefficient (Wildman–Crippen LogP) is 2.78. The van der Waals surface area contributed by atoms with Crippen LogP contribution in [0.2, 0.25) is 0 Å². The molecule has 1 aliphatic heterocycles. The molecule has 0 saturated heterocycles. The van der Waals surface area contributed by atoms with E-state index in [1.54, 1.807) is 0 Å². The molecule has 1 amide bonds. The Balaban J connectivity index is 2.36. The molecule has 3 heteroatoms. The molecule has 0 radical (unpaired) electrons. The minimum atomic E-state index is 0.0829. The fraction of sp³-hybridized carbons (Fsp3) is 0.462. The van der Waals surface area contributed by atoms with Gasteiger partial charge in [0.1, 0.15) is 0 Å². The molecule has 0 bridgehead atoms. The van der Waals surface area contributed by atoms with Crippen LogP contribution in [0, 0.1) is 0 Å². The number of hydrogen-bond acceptors (Lipinski definition) is 2. The Kier molecular flexibility index (Phi) is 2.98. The van der Waals surface area contributed by atoms with Crippen molar-refractivity contribution in [2.75, 3.05) is 11.1 Å². The molecule has 0 unspecified atom stereocenters. The number of benzene rings is 1. The van der Waals surface area contributed by atoms with Crippen LogP contribution in [-0.2, 0) is 16.6 Å². The van der Waals surface area contributed by atoms with Crippen molar-refractivity contribution in [3.05, 3.63) is 29.3 Å². The van der Waals surface area contributed by atoms with E-state index in [0.717, 1.165) is 17.9 Å². The molecule has 86 valence electrons. The summed E-state index contributed by atoms with van der Waals surface area (Å²) in [6, 6.07) is 6.29. The molecule has 2 nitrogen and oxygen atoms in total. The normalized spacial score (nSPS) is 15.6. The highest BCUT2D eigenvalue weighted by Gasteiger charge is 2.21. The fourth-order valence-electron chi connectivity index (χ4n) is 1.90. The van der Waals surface area contributed by atoms with Crippen LogP contribution in [0.3, 0.4) is 0 Å². The van der Waals surface area contributed by atoms with Crippen LogP contribution in [0.1, 0.15) is 31.4 Å². The van der Waals surface area contributed by atoms with Crippen LogP contribution in [0.4, 0.5) is 5.69 Å². The lowest BCUT2D eigenvalue weighted by Gasteiger charge is -2.25. The molecular formula is C13H17NOS. The summed E-state index contributed by atoms with van der Waals surface area (Å²) in [5.41, 5.74) is 3.58. The third kappa shape index (κ3) is 2.09. The first kappa shape index (κ1) is 11.5. The van der Waals surface area contributed by atoms with E-state index in [9.17, 15) is 4.79 Å². The highest BCUT2D eigenvalue weighted by atomic mass is 32.1. The van der Waals surface area contributed by atoms with Crippen LogP contribution in [0.5, 0.6) is 0 Å². The van der Waals surface area contributed by atoms with Crippen LogP contribution in [0.25, 0.3) is 0 Å². The number of hydrogen-bond donors (Lipinski definition) is 2. The zero-order chi connectivity index (χ0) is 11.8. The molecule has 0 saturated carbocycles. The summed E-state index contributed by atoms with van der Waals surface area (Å²) in [6.07, 6.45) is 1.44. The lowest BCUT2D eigenvalue weighted by Crippen LogP contribution is -2.22. The van der Waals surface area contributed by atoms with E-state index >= 15 is 0 Å². The fourth-order valence-corrected chi connectivity index (χ4v) is 2.08. The maximum atomic E-state index is 11.2. The zero-order valence-electron chi connectivity index (χ0n) is 9.71. The van der Waals surface area contributed by atoms with E-state index in [1.165, 1.54) is 11.1 Å². The molecule has 1 N–H and O–H groups in total. The zero-order valence-corrected chi connectivity index (χ0v) is 10.6. The summed E-state index contributed by atoms with van der Waals surface area (Å²) >= 11 is 4.38. The van der Waals surface area contributed by atoms with Gasteiger partial charge in [0.15, 0.2) is 0 Å². The van der Waals surface area contributed by atoms with Gasteiger partial charge in [0.25, 0.3) is 0 Å². The Hall–Kier alpha value is -0.960. The second-order valence-corrected chi connectivity index (χ2v) is 5.28.